The highest BCUT2D eigenvalue weighted by Crippen LogP contribution is 2.37. The number of amides is 1. The number of allylic oxidation sites excluding steroid dienone is 1. The van der Waals surface area contributed by atoms with Gasteiger partial charge in [-0.05, 0) is 60.5 Å². The zero-order valence-electron chi connectivity index (χ0n) is 25.0. The Morgan fingerprint density at radius 1 is 0.935 bits per heavy atom. The van der Waals surface area contributed by atoms with Crippen LogP contribution in [0.2, 0.25) is 0 Å². The van der Waals surface area contributed by atoms with E-state index in [2.05, 4.69) is 26.1 Å². The Morgan fingerprint density at radius 3 is 2.33 bits per heavy atom. The molecule has 0 fully saturated rings. The van der Waals surface area contributed by atoms with Gasteiger partial charge in [-0.2, -0.15) is 18.6 Å². The van der Waals surface area contributed by atoms with Crippen molar-refractivity contribution in [2.24, 2.45) is 15.3 Å². The van der Waals surface area contributed by atoms with Crippen molar-refractivity contribution >= 4 is 56.3 Å². The number of aliphatic hydroxyl groups is 2. The summed E-state index contributed by atoms with van der Waals surface area (Å²) in [6.45, 7) is 2.53. The number of hydrogen-bond acceptors (Lipinski definition) is 13. The first kappa shape index (κ1) is 33.7. The number of Topliss-reactive ketones (excluding diaryl/α,β-unsaturated/α-hetero) is 1. The maximum Gasteiger partial charge on any atom is 0.296 e. The SMILES string of the molecule is COc1cc(OCCO)ccc1/N=N/c1cc(OCCO)c(N/N=C2\C(=O)c3ccc(NC(C)=O)cc3C=C2S(=O)(=O)O)cc1C. The number of benzene rings is 3. The number of hydrazone groups is 1. The molecular formula is C30H31N5O10S. The minimum absolute atomic E-state index is 0.0918. The molecule has 0 saturated carbocycles. The Morgan fingerprint density at radius 2 is 1.65 bits per heavy atom. The van der Waals surface area contributed by atoms with Gasteiger partial charge in [0.05, 0.1) is 31.7 Å². The zero-order chi connectivity index (χ0) is 33.4. The van der Waals surface area contributed by atoms with E-state index >= 15 is 0 Å². The van der Waals surface area contributed by atoms with Gasteiger partial charge in [-0.25, -0.2) is 0 Å². The van der Waals surface area contributed by atoms with Crippen LogP contribution in [0.5, 0.6) is 17.2 Å². The fourth-order valence-corrected chi connectivity index (χ4v) is 4.95. The van der Waals surface area contributed by atoms with Crippen molar-refractivity contribution in [3.05, 3.63) is 70.1 Å². The number of carbonyl (C=O) groups excluding carboxylic acids is 2. The average molecular weight is 654 g/mol. The molecule has 46 heavy (non-hydrogen) atoms. The summed E-state index contributed by atoms with van der Waals surface area (Å²) in [6.07, 6.45) is 1.08. The number of anilines is 2. The molecule has 0 aliphatic heterocycles. The summed E-state index contributed by atoms with van der Waals surface area (Å²) in [7, 11) is -3.46. The normalized spacial score (nSPS) is 13.7. The molecule has 1 aliphatic rings. The summed E-state index contributed by atoms with van der Waals surface area (Å²) < 4.78 is 50.9. The first-order valence-corrected chi connectivity index (χ1v) is 15.1. The molecular weight excluding hydrogens is 622 g/mol. The third-order valence-electron chi connectivity index (χ3n) is 6.34. The van der Waals surface area contributed by atoms with Crippen LogP contribution in [0.3, 0.4) is 0 Å². The zero-order valence-corrected chi connectivity index (χ0v) is 25.8. The number of ether oxygens (including phenoxy) is 3. The molecule has 0 heterocycles. The molecule has 242 valence electrons. The number of azo groups is 1. The van der Waals surface area contributed by atoms with E-state index in [1.165, 1.54) is 38.3 Å². The molecule has 0 saturated heterocycles. The molecule has 1 aliphatic carbocycles. The number of methoxy groups -OCH3 is 1. The highest BCUT2D eigenvalue weighted by molar-refractivity contribution is 7.91. The highest BCUT2D eigenvalue weighted by atomic mass is 32.2. The van der Waals surface area contributed by atoms with Crippen molar-refractivity contribution in [3.63, 3.8) is 0 Å². The molecule has 0 spiro atoms. The molecule has 0 atom stereocenters. The largest absolute Gasteiger partial charge is 0.494 e. The molecule has 15 nitrogen and oxygen atoms in total. The van der Waals surface area contributed by atoms with Crippen LogP contribution >= 0.6 is 0 Å². The van der Waals surface area contributed by atoms with Gasteiger partial charge in [0.1, 0.15) is 41.1 Å². The highest BCUT2D eigenvalue weighted by Gasteiger charge is 2.33. The number of rotatable bonds is 13. The Balaban J connectivity index is 1.68. The number of nitrogens with one attached hydrogen (secondary N) is 2. The van der Waals surface area contributed by atoms with E-state index in [-0.39, 0.29) is 54.9 Å². The summed E-state index contributed by atoms with van der Waals surface area (Å²) in [6, 6.07) is 12.2. The minimum atomic E-state index is -4.92. The van der Waals surface area contributed by atoms with E-state index < -0.39 is 26.5 Å². The van der Waals surface area contributed by atoms with Crippen LogP contribution in [-0.4, -0.2) is 74.1 Å². The monoisotopic (exact) mass is 653 g/mol. The molecule has 16 heteroatoms. The van der Waals surface area contributed by atoms with E-state index in [0.29, 0.717) is 34.1 Å². The van der Waals surface area contributed by atoms with Crippen LogP contribution in [-0.2, 0) is 14.9 Å². The van der Waals surface area contributed by atoms with Crippen molar-refractivity contribution in [3.8, 4) is 17.2 Å². The maximum atomic E-state index is 13.4. The molecule has 0 bridgehead atoms. The lowest BCUT2D eigenvalue weighted by molar-refractivity contribution is -0.114. The number of nitrogens with zero attached hydrogens (tertiary/aromatic N) is 3. The molecule has 5 N–H and O–H groups in total. The van der Waals surface area contributed by atoms with Crippen LogP contribution in [0.1, 0.15) is 28.4 Å². The summed E-state index contributed by atoms with van der Waals surface area (Å²) >= 11 is 0. The molecule has 1 amide bonds. The Hall–Kier alpha value is -5.16. The van der Waals surface area contributed by atoms with E-state index in [1.807, 2.05) is 0 Å². The van der Waals surface area contributed by atoms with E-state index in [0.717, 1.165) is 6.08 Å². The van der Waals surface area contributed by atoms with Gasteiger partial charge >= 0.3 is 0 Å². The van der Waals surface area contributed by atoms with Gasteiger partial charge in [-0.1, -0.05) is 0 Å². The van der Waals surface area contributed by atoms with E-state index in [9.17, 15) is 27.7 Å². The average Bonchev–Trinajstić information content (AvgIpc) is 3.01. The van der Waals surface area contributed by atoms with Gasteiger partial charge in [0.15, 0.2) is 5.71 Å². The Bertz CT molecular complexity index is 1850. The molecule has 0 radical (unpaired) electrons. The van der Waals surface area contributed by atoms with Gasteiger partial charge in [0, 0.05) is 30.3 Å². The van der Waals surface area contributed by atoms with Gasteiger partial charge in [-0.15, -0.1) is 5.11 Å². The van der Waals surface area contributed by atoms with Gasteiger partial charge in [-0.3, -0.25) is 19.6 Å². The van der Waals surface area contributed by atoms with Crippen molar-refractivity contribution < 1.29 is 47.0 Å². The summed E-state index contributed by atoms with van der Waals surface area (Å²) in [5.41, 5.74) is 4.13. The van der Waals surface area contributed by atoms with Crippen molar-refractivity contribution in [1.29, 1.82) is 0 Å². The first-order chi connectivity index (χ1) is 21.9. The summed E-state index contributed by atoms with van der Waals surface area (Å²) in [4.78, 5) is 24.0. The van der Waals surface area contributed by atoms with Crippen molar-refractivity contribution in [2.75, 3.05) is 44.3 Å². The fourth-order valence-electron chi connectivity index (χ4n) is 4.29. The summed E-state index contributed by atoms with van der Waals surface area (Å²) in [5, 5.41) is 33.5. The second-order valence-electron chi connectivity index (χ2n) is 9.68. The van der Waals surface area contributed by atoms with Gasteiger partial charge in [0.2, 0.25) is 11.7 Å². The fraction of sp³-hybridized carbons (Fsp3) is 0.233. The molecule has 3 aromatic carbocycles. The van der Waals surface area contributed by atoms with Crippen LogP contribution in [0.25, 0.3) is 6.08 Å². The molecule has 0 unspecified atom stereocenters. The second kappa shape index (κ2) is 14.7. The van der Waals surface area contributed by atoms with Gasteiger partial charge < -0.3 is 29.7 Å². The predicted octanol–water partition coefficient (Wildman–Crippen LogP) is 4.01. The molecule has 3 aromatic rings. The van der Waals surface area contributed by atoms with E-state index in [1.54, 1.807) is 31.2 Å². The number of ketones is 1. The number of fused-ring (bicyclic) bond motifs is 1. The predicted molar refractivity (Wildman–Crippen MR) is 169 cm³/mol. The Labute approximate surface area is 264 Å². The lowest BCUT2D eigenvalue weighted by Crippen LogP contribution is -2.27. The summed E-state index contributed by atoms with van der Waals surface area (Å²) in [5.74, 6) is -0.185. The van der Waals surface area contributed by atoms with E-state index in [4.69, 9.17) is 19.3 Å². The number of carbonyl (C=O) groups is 2. The quantitative estimate of drug-likeness (QED) is 0.101. The number of aliphatic hydroxyl groups excluding tert-OH is 2. The number of aryl methyl sites for hydroxylation is 1. The minimum Gasteiger partial charge on any atom is -0.494 e. The topological polar surface area (TPSA) is 218 Å². The van der Waals surface area contributed by atoms with Crippen LogP contribution in [0, 0.1) is 6.92 Å². The first-order valence-electron chi connectivity index (χ1n) is 13.7. The standard InChI is InChI=1S/C30H31N5O10S/c1-17-12-25(27(45-11-9-37)16-24(17)33-32-23-7-5-21(44-10-8-36)15-26(23)43-3)34-35-29-28(46(40,41)42)14-19-13-20(31-18(2)38)4-6-22(19)30(29)39/h4-7,12-16,34,36-37H,8-11H2,1-3H3,(H,31,38)(H,40,41,42)/b33-32+,35-29-. The lowest BCUT2D eigenvalue weighted by Gasteiger charge is -2.18. The third kappa shape index (κ3) is 8.10. The van der Waals surface area contributed by atoms with Crippen LogP contribution in [0.15, 0.2) is 68.8 Å². The second-order valence-corrected chi connectivity index (χ2v) is 11.1. The smallest absolute Gasteiger partial charge is 0.296 e. The Kier molecular flexibility index (Phi) is 10.8. The molecule has 0 aromatic heterocycles. The molecule has 4 rings (SSSR count). The van der Waals surface area contributed by atoms with Crippen LogP contribution in [0.4, 0.5) is 22.7 Å². The van der Waals surface area contributed by atoms with Crippen molar-refractivity contribution in [1.82, 2.24) is 0 Å². The third-order valence-corrected chi connectivity index (χ3v) is 7.21. The van der Waals surface area contributed by atoms with Gasteiger partial charge in [0.25, 0.3) is 10.1 Å². The van der Waals surface area contributed by atoms with Crippen LogP contribution < -0.4 is 25.0 Å². The van der Waals surface area contributed by atoms with Crippen molar-refractivity contribution in [2.45, 2.75) is 13.8 Å². The maximum absolute atomic E-state index is 13.4. The lowest BCUT2D eigenvalue weighted by atomic mass is 9.94. The number of hydrogen-bond donors (Lipinski definition) is 5.